The van der Waals surface area contributed by atoms with E-state index in [4.69, 9.17) is 4.74 Å². The first-order valence-electron chi connectivity index (χ1n) is 6.07. The van der Waals surface area contributed by atoms with Crippen LogP contribution in [-0.2, 0) is 9.53 Å². The van der Waals surface area contributed by atoms with Gasteiger partial charge in [-0.3, -0.25) is 4.79 Å². The predicted molar refractivity (Wildman–Crippen MR) is 63.7 cm³/mol. The maximum Gasteiger partial charge on any atom is 0.308 e. The van der Waals surface area contributed by atoms with Gasteiger partial charge in [-0.05, 0) is 24.7 Å². The number of esters is 1. The van der Waals surface area contributed by atoms with E-state index in [1.807, 2.05) is 0 Å². The summed E-state index contributed by atoms with van der Waals surface area (Å²) in [7, 11) is 0. The second-order valence-corrected chi connectivity index (χ2v) is 5.39. The lowest BCUT2D eigenvalue weighted by molar-refractivity contribution is -0.149. The Kier molecular flexibility index (Phi) is 6.62. The van der Waals surface area contributed by atoms with Gasteiger partial charge in [0.05, 0.1) is 12.5 Å². The maximum atomic E-state index is 11.7. The number of rotatable bonds is 6. The monoisotopic (exact) mass is 214 g/mol. The molecular weight excluding hydrogens is 188 g/mol. The Morgan fingerprint density at radius 1 is 1.27 bits per heavy atom. The van der Waals surface area contributed by atoms with Gasteiger partial charge in [0.15, 0.2) is 0 Å². The number of unbranched alkanes of at least 4 members (excludes halogenated alkanes) is 1. The van der Waals surface area contributed by atoms with Crippen LogP contribution >= 0.6 is 0 Å². The van der Waals surface area contributed by atoms with Gasteiger partial charge in [-0.1, -0.05) is 41.0 Å². The molecule has 0 radical (unpaired) electrons. The van der Waals surface area contributed by atoms with E-state index in [9.17, 15) is 4.79 Å². The van der Waals surface area contributed by atoms with Crippen LogP contribution in [0, 0.1) is 11.3 Å². The molecule has 0 spiro atoms. The van der Waals surface area contributed by atoms with Crippen LogP contribution in [0.25, 0.3) is 0 Å². The van der Waals surface area contributed by atoms with Gasteiger partial charge in [-0.15, -0.1) is 0 Å². The largest absolute Gasteiger partial charge is 0.465 e. The van der Waals surface area contributed by atoms with Crippen LogP contribution < -0.4 is 0 Å². The smallest absolute Gasteiger partial charge is 0.308 e. The normalized spacial score (nSPS) is 13.7. The maximum absolute atomic E-state index is 11.7. The fourth-order valence-electron chi connectivity index (χ4n) is 1.57. The third-order valence-corrected chi connectivity index (χ3v) is 2.43. The predicted octanol–water partition coefficient (Wildman–Crippen LogP) is 3.79. The minimum absolute atomic E-state index is 0.0131. The molecule has 0 aliphatic heterocycles. The zero-order valence-electron chi connectivity index (χ0n) is 10.9. The first-order chi connectivity index (χ1) is 6.90. The lowest BCUT2D eigenvalue weighted by Crippen LogP contribution is -2.23. The van der Waals surface area contributed by atoms with Crippen LogP contribution in [0.4, 0.5) is 0 Å². The Labute approximate surface area is 94.4 Å². The van der Waals surface area contributed by atoms with E-state index in [1.165, 1.54) is 0 Å². The van der Waals surface area contributed by atoms with Crippen molar-refractivity contribution in [2.75, 3.05) is 6.61 Å². The highest BCUT2D eigenvalue weighted by molar-refractivity contribution is 5.72. The highest BCUT2D eigenvalue weighted by atomic mass is 16.5. The molecule has 15 heavy (non-hydrogen) atoms. The standard InChI is InChI=1S/C13H26O2/c1-6-8-9-15-12(14)11(7-2)10-13(3,4)5/h11H,6-10H2,1-5H3. The molecular formula is C13H26O2. The molecule has 2 heteroatoms. The van der Waals surface area contributed by atoms with Crippen LogP contribution in [0.1, 0.15) is 60.3 Å². The molecule has 0 aliphatic carbocycles. The van der Waals surface area contributed by atoms with Crippen molar-refractivity contribution in [1.29, 1.82) is 0 Å². The Morgan fingerprint density at radius 2 is 1.87 bits per heavy atom. The molecule has 0 aliphatic rings. The van der Waals surface area contributed by atoms with Crippen LogP contribution in [0.2, 0.25) is 0 Å². The number of hydrogen-bond donors (Lipinski definition) is 0. The molecule has 0 rings (SSSR count). The molecule has 0 amide bonds. The first kappa shape index (κ1) is 14.5. The summed E-state index contributed by atoms with van der Waals surface area (Å²) in [6, 6.07) is 0. The van der Waals surface area contributed by atoms with E-state index < -0.39 is 0 Å². The van der Waals surface area contributed by atoms with Gasteiger partial charge < -0.3 is 4.74 Å². The topological polar surface area (TPSA) is 26.3 Å². The average Bonchev–Trinajstić information content (AvgIpc) is 2.13. The Morgan fingerprint density at radius 3 is 2.27 bits per heavy atom. The SMILES string of the molecule is CCCCOC(=O)C(CC)CC(C)(C)C. The van der Waals surface area contributed by atoms with Gasteiger partial charge in [0.1, 0.15) is 0 Å². The first-order valence-corrected chi connectivity index (χ1v) is 6.07. The van der Waals surface area contributed by atoms with Crippen LogP contribution in [-0.4, -0.2) is 12.6 Å². The van der Waals surface area contributed by atoms with Crippen molar-refractivity contribution in [3.8, 4) is 0 Å². The minimum Gasteiger partial charge on any atom is -0.465 e. The number of carbonyl (C=O) groups excluding carboxylic acids is 1. The van der Waals surface area contributed by atoms with Crippen molar-refractivity contribution in [2.45, 2.75) is 60.3 Å². The zero-order chi connectivity index (χ0) is 11.9. The molecule has 0 N–H and O–H groups in total. The van der Waals surface area contributed by atoms with Gasteiger partial charge in [0.2, 0.25) is 0 Å². The molecule has 0 bridgehead atoms. The Bertz CT molecular complexity index is 179. The van der Waals surface area contributed by atoms with E-state index in [-0.39, 0.29) is 17.3 Å². The summed E-state index contributed by atoms with van der Waals surface area (Å²) >= 11 is 0. The fraction of sp³-hybridized carbons (Fsp3) is 0.923. The van der Waals surface area contributed by atoms with Gasteiger partial charge >= 0.3 is 5.97 Å². The van der Waals surface area contributed by atoms with Crippen molar-refractivity contribution in [3.05, 3.63) is 0 Å². The van der Waals surface area contributed by atoms with Gasteiger partial charge in [-0.2, -0.15) is 0 Å². The van der Waals surface area contributed by atoms with E-state index in [1.54, 1.807) is 0 Å². The molecule has 1 atom stereocenters. The van der Waals surface area contributed by atoms with Gasteiger partial charge in [0, 0.05) is 0 Å². The van der Waals surface area contributed by atoms with Crippen LogP contribution in [0.15, 0.2) is 0 Å². The average molecular weight is 214 g/mol. The van der Waals surface area contributed by atoms with Gasteiger partial charge in [-0.25, -0.2) is 0 Å². The van der Waals surface area contributed by atoms with Crippen LogP contribution in [0.5, 0.6) is 0 Å². The fourth-order valence-corrected chi connectivity index (χ4v) is 1.57. The molecule has 0 heterocycles. The van der Waals surface area contributed by atoms with E-state index in [0.29, 0.717) is 6.61 Å². The second-order valence-electron chi connectivity index (χ2n) is 5.39. The number of hydrogen-bond acceptors (Lipinski definition) is 2. The van der Waals surface area contributed by atoms with Crippen molar-refractivity contribution >= 4 is 5.97 Å². The highest BCUT2D eigenvalue weighted by Gasteiger charge is 2.24. The highest BCUT2D eigenvalue weighted by Crippen LogP contribution is 2.27. The van der Waals surface area contributed by atoms with Crippen LogP contribution in [0.3, 0.4) is 0 Å². The second kappa shape index (κ2) is 6.86. The summed E-state index contributed by atoms with van der Waals surface area (Å²) in [6.45, 7) is 11.2. The van der Waals surface area contributed by atoms with Crippen molar-refractivity contribution < 1.29 is 9.53 Å². The molecule has 0 fully saturated rings. The summed E-state index contributed by atoms with van der Waals surface area (Å²) in [5.74, 6) is 0.0581. The van der Waals surface area contributed by atoms with E-state index >= 15 is 0 Å². The summed E-state index contributed by atoms with van der Waals surface area (Å²) < 4.78 is 5.24. The van der Waals surface area contributed by atoms with E-state index in [0.717, 1.165) is 25.7 Å². The molecule has 0 aromatic carbocycles. The quantitative estimate of drug-likeness (QED) is 0.496. The molecule has 0 saturated heterocycles. The zero-order valence-corrected chi connectivity index (χ0v) is 10.9. The van der Waals surface area contributed by atoms with Gasteiger partial charge in [0.25, 0.3) is 0 Å². The summed E-state index contributed by atoms with van der Waals surface area (Å²) in [4.78, 5) is 11.7. The third kappa shape index (κ3) is 7.40. The van der Waals surface area contributed by atoms with Crippen molar-refractivity contribution in [2.24, 2.45) is 11.3 Å². The molecule has 1 unspecified atom stereocenters. The summed E-state index contributed by atoms with van der Waals surface area (Å²) in [5.41, 5.74) is 0.199. The molecule has 0 aromatic rings. The van der Waals surface area contributed by atoms with Crippen molar-refractivity contribution in [1.82, 2.24) is 0 Å². The minimum atomic E-state index is -0.0131. The Hall–Kier alpha value is -0.530. The number of carbonyl (C=O) groups is 1. The molecule has 0 aromatic heterocycles. The molecule has 2 nitrogen and oxygen atoms in total. The number of ether oxygens (including phenoxy) is 1. The Balaban J connectivity index is 4.00. The summed E-state index contributed by atoms with van der Waals surface area (Å²) in [5, 5.41) is 0. The lowest BCUT2D eigenvalue weighted by atomic mass is 9.83. The van der Waals surface area contributed by atoms with Crippen molar-refractivity contribution in [3.63, 3.8) is 0 Å². The summed E-state index contributed by atoms with van der Waals surface area (Å²) in [6.07, 6.45) is 3.83. The molecule has 90 valence electrons. The third-order valence-electron chi connectivity index (χ3n) is 2.43. The molecule has 0 saturated carbocycles. The van der Waals surface area contributed by atoms with E-state index in [2.05, 4.69) is 34.6 Å². The lowest BCUT2D eigenvalue weighted by Gasteiger charge is -2.23.